The molecule has 7 heteroatoms. The number of hydrogen-bond acceptors (Lipinski definition) is 4. The number of nitrogens with zero attached hydrogens (tertiary/aromatic N) is 3. The van der Waals surface area contributed by atoms with Crippen molar-refractivity contribution in [3.8, 4) is 11.3 Å². The Hall–Kier alpha value is -2.05. The Labute approximate surface area is 134 Å². The molecular formula is C15H14BClN4O. The first-order valence-corrected chi connectivity index (χ1v) is 7.25. The quantitative estimate of drug-likeness (QED) is 0.719. The number of benzene rings is 1. The molecule has 1 atom stereocenters. The summed E-state index contributed by atoms with van der Waals surface area (Å²) in [5.74, 6) is 0.692. The molecule has 22 heavy (non-hydrogen) atoms. The zero-order chi connectivity index (χ0) is 15.7. The van der Waals surface area contributed by atoms with Crippen molar-refractivity contribution in [3.63, 3.8) is 0 Å². The van der Waals surface area contributed by atoms with Crippen LogP contribution in [0.1, 0.15) is 6.92 Å². The summed E-state index contributed by atoms with van der Waals surface area (Å²) in [6, 6.07) is 9.31. The van der Waals surface area contributed by atoms with Crippen LogP contribution in [0.3, 0.4) is 0 Å². The molecular weight excluding hydrogens is 298 g/mol. The fourth-order valence-corrected chi connectivity index (χ4v) is 2.40. The van der Waals surface area contributed by atoms with E-state index in [4.69, 9.17) is 19.4 Å². The molecule has 0 aliphatic carbocycles. The molecule has 3 aromatic rings. The lowest BCUT2D eigenvalue weighted by molar-refractivity contribution is 0.208. The summed E-state index contributed by atoms with van der Waals surface area (Å²) in [4.78, 5) is 4.54. The second-order valence-corrected chi connectivity index (χ2v) is 5.48. The zero-order valence-corrected chi connectivity index (χ0v) is 12.7. The van der Waals surface area contributed by atoms with E-state index in [1.165, 1.54) is 0 Å². The number of nitrogens with one attached hydrogen (secondary N) is 1. The van der Waals surface area contributed by atoms with Gasteiger partial charge in [-0.2, -0.15) is 9.61 Å². The molecule has 0 bridgehead atoms. The molecule has 0 saturated heterocycles. The number of aromatic nitrogens is 3. The molecule has 0 fully saturated rings. The van der Waals surface area contributed by atoms with E-state index in [0.717, 1.165) is 5.56 Å². The average molecular weight is 313 g/mol. The van der Waals surface area contributed by atoms with Crippen molar-refractivity contribution >= 4 is 36.4 Å². The average Bonchev–Trinajstić information content (AvgIpc) is 2.87. The normalized spacial score (nSPS) is 12.5. The Morgan fingerprint density at radius 2 is 2.18 bits per heavy atom. The van der Waals surface area contributed by atoms with Crippen molar-refractivity contribution in [3.05, 3.63) is 41.6 Å². The van der Waals surface area contributed by atoms with E-state index in [1.807, 2.05) is 30.3 Å². The number of aliphatic hydroxyl groups is 1. The molecule has 3 rings (SSSR count). The molecule has 110 valence electrons. The maximum Gasteiger partial charge on any atom is 0.150 e. The predicted molar refractivity (Wildman–Crippen MR) is 89.0 cm³/mol. The zero-order valence-electron chi connectivity index (χ0n) is 12.0. The second-order valence-electron chi connectivity index (χ2n) is 5.07. The topological polar surface area (TPSA) is 62.5 Å². The van der Waals surface area contributed by atoms with Gasteiger partial charge in [0.15, 0.2) is 5.65 Å². The molecule has 2 heterocycles. The van der Waals surface area contributed by atoms with Crippen LogP contribution in [-0.4, -0.2) is 40.2 Å². The second kappa shape index (κ2) is 5.98. The predicted octanol–water partition coefficient (Wildman–Crippen LogP) is 1.64. The maximum atomic E-state index is 9.47. The lowest BCUT2D eigenvalue weighted by Gasteiger charge is -2.12. The number of halogens is 1. The van der Waals surface area contributed by atoms with Gasteiger partial charge in [-0.3, -0.25) is 0 Å². The first-order chi connectivity index (χ1) is 10.6. The minimum Gasteiger partial charge on any atom is -0.392 e. The Morgan fingerprint density at radius 3 is 2.91 bits per heavy atom. The summed E-state index contributed by atoms with van der Waals surface area (Å²) in [6.45, 7) is 2.10. The van der Waals surface area contributed by atoms with Crippen LogP contribution < -0.4 is 10.8 Å². The highest BCUT2D eigenvalue weighted by molar-refractivity contribution is 6.36. The SMILES string of the molecule is [B]c1cnn2c(NC[C@@H](C)O)cc(-c3ccccc3Cl)nc12. The molecule has 5 nitrogen and oxygen atoms in total. The van der Waals surface area contributed by atoms with Gasteiger partial charge in [-0.15, -0.1) is 0 Å². The molecule has 0 unspecified atom stereocenters. The first-order valence-electron chi connectivity index (χ1n) is 6.87. The first kappa shape index (κ1) is 14.9. The van der Waals surface area contributed by atoms with Gasteiger partial charge in [-0.25, -0.2) is 4.98 Å². The van der Waals surface area contributed by atoms with Crippen LogP contribution in [0.5, 0.6) is 0 Å². The number of aliphatic hydroxyl groups excluding tert-OH is 1. The van der Waals surface area contributed by atoms with E-state index in [1.54, 1.807) is 17.6 Å². The summed E-state index contributed by atoms with van der Waals surface area (Å²) in [5.41, 5.74) is 2.53. The Bertz CT molecular complexity index is 818. The molecule has 2 aromatic heterocycles. The van der Waals surface area contributed by atoms with Gasteiger partial charge in [-0.1, -0.05) is 29.8 Å². The van der Waals surface area contributed by atoms with E-state index < -0.39 is 6.10 Å². The number of rotatable bonds is 4. The van der Waals surface area contributed by atoms with Crippen molar-refractivity contribution in [1.82, 2.24) is 14.6 Å². The molecule has 0 aliphatic rings. The Balaban J connectivity index is 2.15. The third kappa shape index (κ3) is 2.80. The minimum atomic E-state index is -0.486. The van der Waals surface area contributed by atoms with Crippen molar-refractivity contribution in [1.29, 1.82) is 0 Å². The third-order valence-electron chi connectivity index (χ3n) is 3.23. The highest BCUT2D eigenvalue weighted by Crippen LogP contribution is 2.28. The lowest BCUT2D eigenvalue weighted by atomic mass is 10.0. The largest absolute Gasteiger partial charge is 0.392 e. The fraction of sp³-hybridized carbons (Fsp3) is 0.200. The van der Waals surface area contributed by atoms with Gasteiger partial charge in [0.1, 0.15) is 13.7 Å². The summed E-state index contributed by atoms with van der Waals surface area (Å²) >= 11 is 6.25. The molecule has 1 aromatic carbocycles. The van der Waals surface area contributed by atoms with E-state index in [2.05, 4.69) is 15.4 Å². The fourth-order valence-electron chi connectivity index (χ4n) is 2.16. The maximum absolute atomic E-state index is 9.47. The van der Waals surface area contributed by atoms with Crippen LogP contribution in [0, 0.1) is 0 Å². The van der Waals surface area contributed by atoms with Gasteiger partial charge in [0, 0.05) is 29.4 Å². The molecule has 2 radical (unpaired) electrons. The van der Waals surface area contributed by atoms with Gasteiger partial charge in [0.25, 0.3) is 0 Å². The van der Waals surface area contributed by atoms with Crippen LogP contribution >= 0.6 is 11.6 Å². The van der Waals surface area contributed by atoms with Crippen molar-refractivity contribution in [2.45, 2.75) is 13.0 Å². The molecule has 0 aliphatic heterocycles. The highest BCUT2D eigenvalue weighted by atomic mass is 35.5. The summed E-state index contributed by atoms with van der Waals surface area (Å²) < 4.78 is 1.61. The van der Waals surface area contributed by atoms with E-state index in [0.29, 0.717) is 34.2 Å². The lowest BCUT2D eigenvalue weighted by Crippen LogP contribution is -2.18. The van der Waals surface area contributed by atoms with Crippen molar-refractivity contribution < 1.29 is 5.11 Å². The Morgan fingerprint density at radius 1 is 1.41 bits per heavy atom. The van der Waals surface area contributed by atoms with Crippen LogP contribution in [0.4, 0.5) is 5.82 Å². The van der Waals surface area contributed by atoms with Gasteiger partial charge >= 0.3 is 0 Å². The summed E-state index contributed by atoms with van der Waals surface area (Å²) in [7, 11) is 5.93. The number of anilines is 1. The van der Waals surface area contributed by atoms with Crippen LogP contribution in [0.25, 0.3) is 16.9 Å². The summed E-state index contributed by atoms with van der Waals surface area (Å²) in [6.07, 6.45) is 1.06. The smallest absolute Gasteiger partial charge is 0.150 e. The van der Waals surface area contributed by atoms with E-state index in [9.17, 15) is 5.11 Å². The van der Waals surface area contributed by atoms with Crippen molar-refractivity contribution in [2.24, 2.45) is 0 Å². The van der Waals surface area contributed by atoms with E-state index in [-0.39, 0.29) is 0 Å². The van der Waals surface area contributed by atoms with Gasteiger partial charge in [-0.05, 0) is 18.5 Å². The molecule has 2 N–H and O–H groups in total. The monoisotopic (exact) mass is 312 g/mol. The molecule has 0 saturated carbocycles. The summed E-state index contributed by atoms with van der Waals surface area (Å²) in [5, 5.41) is 17.4. The van der Waals surface area contributed by atoms with Gasteiger partial charge < -0.3 is 10.4 Å². The molecule has 0 amide bonds. The van der Waals surface area contributed by atoms with E-state index >= 15 is 0 Å². The van der Waals surface area contributed by atoms with Gasteiger partial charge in [0.2, 0.25) is 0 Å². The third-order valence-corrected chi connectivity index (χ3v) is 3.56. The van der Waals surface area contributed by atoms with Crippen LogP contribution in [-0.2, 0) is 0 Å². The highest BCUT2D eigenvalue weighted by Gasteiger charge is 2.12. The minimum absolute atomic E-state index is 0.390. The van der Waals surface area contributed by atoms with Crippen molar-refractivity contribution in [2.75, 3.05) is 11.9 Å². The number of fused-ring (bicyclic) bond motifs is 1. The number of hydrogen-bond donors (Lipinski definition) is 2. The molecule has 0 spiro atoms. The van der Waals surface area contributed by atoms with Gasteiger partial charge in [0.05, 0.1) is 11.8 Å². The Kier molecular flexibility index (Phi) is 4.05. The standard InChI is InChI=1S/C15H14BClN4O/c1-9(22)7-18-14-6-13(10-4-2-3-5-12(10)17)20-15-11(16)8-19-21(14)15/h2-6,8-9,18,22H,7H2,1H3/t9-/m1/s1. The van der Waals surface area contributed by atoms with Crippen LogP contribution in [0.2, 0.25) is 5.02 Å². The van der Waals surface area contributed by atoms with Crippen LogP contribution in [0.15, 0.2) is 36.5 Å².